The zero-order valence-electron chi connectivity index (χ0n) is 10.8. The maximum atomic E-state index is 9.54. The highest BCUT2D eigenvalue weighted by atomic mass is 16.5. The Hall–Kier alpha value is -0.160. The summed E-state index contributed by atoms with van der Waals surface area (Å²) in [6.07, 6.45) is 5.04. The second-order valence-corrected chi connectivity index (χ2v) is 5.36. The lowest BCUT2D eigenvalue weighted by Crippen LogP contribution is -2.54. The summed E-state index contributed by atoms with van der Waals surface area (Å²) in [5.41, 5.74) is 6.22. The second kappa shape index (κ2) is 6.14. The fourth-order valence-electron chi connectivity index (χ4n) is 2.89. The van der Waals surface area contributed by atoms with E-state index in [9.17, 15) is 5.11 Å². The van der Waals surface area contributed by atoms with Crippen molar-refractivity contribution in [1.82, 2.24) is 4.90 Å². The topological polar surface area (TPSA) is 58.7 Å². The first-order chi connectivity index (χ1) is 8.26. The number of rotatable bonds is 6. The van der Waals surface area contributed by atoms with Gasteiger partial charge in [-0.05, 0) is 38.5 Å². The fraction of sp³-hybridized carbons (Fsp3) is 1.00. The van der Waals surface area contributed by atoms with Crippen molar-refractivity contribution in [3.05, 3.63) is 0 Å². The number of ether oxygens (including phenoxy) is 1. The van der Waals surface area contributed by atoms with E-state index in [0.29, 0.717) is 12.0 Å². The van der Waals surface area contributed by atoms with Gasteiger partial charge in [0.1, 0.15) is 0 Å². The maximum absolute atomic E-state index is 9.54. The average Bonchev–Trinajstić information content (AvgIpc) is 3.16. The van der Waals surface area contributed by atoms with Crippen molar-refractivity contribution in [2.24, 2.45) is 11.7 Å². The molecule has 1 saturated carbocycles. The van der Waals surface area contributed by atoms with Crippen LogP contribution in [0.2, 0.25) is 0 Å². The SMILES string of the molecule is CCOC1CCN(C(CO)C(N)C2CC2)CC1. The Morgan fingerprint density at radius 2 is 1.94 bits per heavy atom. The Morgan fingerprint density at radius 1 is 1.29 bits per heavy atom. The Kier molecular flexibility index (Phi) is 4.79. The summed E-state index contributed by atoms with van der Waals surface area (Å²) in [4.78, 5) is 2.36. The van der Waals surface area contributed by atoms with Crippen molar-refractivity contribution in [3.63, 3.8) is 0 Å². The van der Waals surface area contributed by atoms with Gasteiger partial charge in [-0.2, -0.15) is 0 Å². The number of nitrogens with zero attached hydrogens (tertiary/aromatic N) is 1. The molecule has 4 nitrogen and oxygen atoms in total. The standard InChI is InChI=1S/C13H26N2O2/c1-2-17-11-5-7-15(8-6-11)12(9-16)13(14)10-3-4-10/h10-13,16H,2-9,14H2,1H3. The Morgan fingerprint density at radius 3 is 2.41 bits per heavy atom. The number of aliphatic hydroxyl groups excluding tert-OH is 1. The van der Waals surface area contributed by atoms with E-state index in [1.807, 2.05) is 6.92 Å². The molecule has 2 unspecified atom stereocenters. The molecule has 0 amide bonds. The first kappa shape index (κ1) is 13.3. The van der Waals surface area contributed by atoms with Crippen LogP contribution in [-0.4, -0.2) is 54.5 Å². The van der Waals surface area contributed by atoms with Gasteiger partial charge in [-0.3, -0.25) is 4.90 Å². The summed E-state index contributed by atoms with van der Waals surface area (Å²) in [6, 6.07) is 0.314. The molecule has 1 aliphatic carbocycles. The first-order valence-corrected chi connectivity index (χ1v) is 6.98. The summed E-state index contributed by atoms with van der Waals surface area (Å²) < 4.78 is 5.64. The number of aliphatic hydroxyl groups is 1. The summed E-state index contributed by atoms with van der Waals surface area (Å²) in [7, 11) is 0. The third-order valence-electron chi connectivity index (χ3n) is 4.15. The predicted molar refractivity (Wildman–Crippen MR) is 67.8 cm³/mol. The van der Waals surface area contributed by atoms with Gasteiger partial charge in [0.2, 0.25) is 0 Å². The van der Waals surface area contributed by atoms with Gasteiger partial charge in [-0.25, -0.2) is 0 Å². The van der Waals surface area contributed by atoms with Crippen LogP contribution in [-0.2, 0) is 4.74 Å². The van der Waals surface area contributed by atoms with Crippen molar-refractivity contribution < 1.29 is 9.84 Å². The highest BCUT2D eigenvalue weighted by Gasteiger charge is 2.37. The smallest absolute Gasteiger partial charge is 0.0602 e. The lowest BCUT2D eigenvalue weighted by atomic mass is 9.99. The molecule has 100 valence electrons. The lowest BCUT2D eigenvalue weighted by molar-refractivity contribution is -0.00866. The summed E-state index contributed by atoms with van der Waals surface area (Å²) in [6.45, 7) is 5.06. The molecular formula is C13H26N2O2. The quantitative estimate of drug-likeness (QED) is 0.715. The van der Waals surface area contributed by atoms with E-state index in [-0.39, 0.29) is 18.7 Å². The molecule has 1 saturated heterocycles. The number of piperidine rings is 1. The van der Waals surface area contributed by atoms with E-state index in [1.165, 1.54) is 12.8 Å². The molecule has 0 aromatic rings. The van der Waals surface area contributed by atoms with Crippen LogP contribution < -0.4 is 5.73 Å². The number of hydrogen-bond donors (Lipinski definition) is 2. The van der Waals surface area contributed by atoms with Gasteiger partial charge < -0.3 is 15.6 Å². The van der Waals surface area contributed by atoms with Gasteiger partial charge in [0, 0.05) is 31.8 Å². The van der Waals surface area contributed by atoms with E-state index >= 15 is 0 Å². The number of nitrogens with two attached hydrogens (primary N) is 1. The normalized spacial score (nSPS) is 27.0. The third kappa shape index (κ3) is 3.41. The van der Waals surface area contributed by atoms with Gasteiger partial charge in [0.05, 0.1) is 12.7 Å². The zero-order valence-corrected chi connectivity index (χ0v) is 10.8. The van der Waals surface area contributed by atoms with Crippen molar-refractivity contribution in [1.29, 1.82) is 0 Å². The van der Waals surface area contributed by atoms with Crippen LogP contribution in [0.5, 0.6) is 0 Å². The average molecular weight is 242 g/mol. The molecule has 1 heterocycles. The van der Waals surface area contributed by atoms with Gasteiger partial charge in [0.15, 0.2) is 0 Å². The zero-order chi connectivity index (χ0) is 12.3. The van der Waals surface area contributed by atoms with E-state index in [1.54, 1.807) is 0 Å². The molecule has 2 fully saturated rings. The number of hydrogen-bond acceptors (Lipinski definition) is 4. The van der Waals surface area contributed by atoms with E-state index in [0.717, 1.165) is 32.5 Å². The van der Waals surface area contributed by atoms with Gasteiger partial charge in [0.25, 0.3) is 0 Å². The van der Waals surface area contributed by atoms with E-state index < -0.39 is 0 Å². The predicted octanol–water partition coefficient (Wildman–Crippen LogP) is 0.586. The monoisotopic (exact) mass is 242 g/mol. The molecule has 0 radical (unpaired) electrons. The van der Waals surface area contributed by atoms with Crippen LogP contribution in [0.3, 0.4) is 0 Å². The molecule has 3 N–H and O–H groups in total. The van der Waals surface area contributed by atoms with Gasteiger partial charge in [-0.1, -0.05) is 0 Å². The van der Waals surface area contributed by atoms with Crippen LogP contribution in [0.25, 0.3) is 0 Å². The molecule has 0 aromatic heterocycles. The van der Waals surface area contributed by atoms with E-state index in [2.05, 4.69) is 4.90 Å². The highest BCUT2D eigenvalue weighted by molar-refractivity contribution is 4.94. The third-order valence-corrected chi connectivity index (χ3v) is 4.15. The molecule has 2 atom stereocenters. The van der Waals surface area contributed by atoms with Gasteiger partial charge in [-0.15, -0.1) is 0 Å². The van der Waals surface area contributed by atoms with E-state index in [4.69, 9.17) is 10.5 Å². The van der Waals surface area contributed by atoms with Crippen molar-refractivity contribution in [2.45, 2.75) is 50.8 Å². The Labute approximate surface area is 104 Å². The highest BCUT2D eigenvalue weighted by Crippen LogP contribution is 2.34. The number of likely N-dealkylation sites (tertiary alicyclic amines) is 1. The summed E-state index contributed by atoms with van der Waals surface area (Å²) in [5.74, 6) is 0.650. The molecule has 4 heteroatoms. The Bertz CT molecular complexity index is 225. The van der Waals surface area contributed by atoms with Crippen LogP contribution in [0.15, 0.2) is 0 Å². The molecule has 1 aliphatic heterocycles. The van der Waals surface area contributed by atoms with Crippen molar-refractivity contribution >= 4 is 0 Å². The minimum absolute atomic E-state index is 0.156. The largest absolute Gasteiger partial charge is 0.395 e. The van der Waals surface area contributed by atoms with Crippen molar-refractivity contribution in [2.75, 3.05) is 26.3 Å². The molecule has 17 heavy (non-hydrogen) atoms. The summed E-state index contributed by atoms with van der Waals surface area (Å²) in [5, 5.41) is 9.54. The van der Waals surface area contributed by atoms with Crippen LogP contribution in [0.1, 0.15) is 32.6 Å². The fourth-order valence-corrected chi connectivity index (χ4v) is 2.89. The van der Waals surface area contributed by atoms with Crippen LogP contribution >= 0.6 is 0 Å². The van der Waals surface area contributed by atoms with Gasteiger partial charge >= 0.3 is 0 Å². The molecule has 2 aliphatic rings. The molecule has 0 aromatic carbocycles. The van der Waals surface area contributed by atoms with Crippen molar-refractivity contribution in [3.8, 4) is 0 Å². The second-order valence-electron chi connectivity index (χ2n) is 5.36. The summed E-state index contributed by atoms with van der Waals surface area (Å²) >= 11 is 0. The maximum Gasteiger partial charge on any atom is 0.0602 e. The molecular weight excluding hydrogens is 216 g/mol. The minimum atomic E-state index is 0.156. The molecule has 0 bridgehead atoms. The van der Waals surface area contributed by atoms with Crippen LogP contribution in [0, 0.1) is 5.92 Å². The molecule has 2 rings (SSSR count). The molecule has 0 spiro atoms. The lowest BCUT2D eigenvalue weighted by Gasteiger charge is -2.39. The Balaban J connectivity index is 1.80. The minimum Gasteiger partial charge on any atom is -0.395 e. The first-order valence-electron chi connectivity index (χ1n) is 6.98. The van der Waals surface area contributed by atoms with Crippen LogP contribution in [0.4, 0.5) is 0 Å².